The van der Waals surface area contributed by atoms with Crippen LogP contribution >= 0.6 is 11.8 Å². The molecule has 3 aromatic rings. The molecule has 0 saturated heterocycles. The predicted octanol–water partition coefficient (Wildman–Crippen LogP) is 2.89. The molecule has 0 atom stereocenters. The maximum absolute atomic E-state index is 11.7. The van der Waals surface area contributed by atoms with E-state index in [1.165, 1.54) is 30.1 Å². The molecule has 1 N–H and O–H groups in total. The number of nitrogens with zero attached hydrogens (tertiary/aromatic N) is 4. The number of benzene rings is 1. The number of hydrazone groups is 1. The summed E-state index contributed by atoms with van der Waals surface area (Å²) >= 11 is 1.20. The molecule has 136 valence electrons. The van der Waals surface area contributed by atoms with Crippen molar-refractivity contribution in [1.82, 2.24) is 15.4 Å². The number of thioether (sulfide) groups is 1. The number of furan rings is 1. The topological polar surface area (TPSA) is 124 Å². The van der Waals surface area contributed by atoms with Gasteiger partial charge < -0.3 is 4.42 Å². The zero-order chi connectivity index (χ0) is 19.1. The van der Waals surface area contributed by atoms with Gasteiger partial charge in [0.2, 0.25) is 0 Å². The van der Waals surface area contributed by atoms with Gasteiger partial charge in [-0.3, -0.25) is 14.9 Å². The van der Waals surface area contributed by atoms with Crippen molar-refractivity contribution in [3.63, 3.8) is 0 Å². The smallest absolute Gasteiger partial charge is 0.269 e. The number of carbonyl (C=O) groups is 1. The summed E-state index contributed by atoms with van der Waals surface area (Å²) in [5, 5.41) is 15.0. The van der Waals surface area contributed by atoms with Gasteiger partial charge in [0.25, 0.3) is 11.6 Å². The van der Waals surface area contributed by atoms with Crippen LogP contribution in [0.2, 0.25) is 0 Å². The molecule has 9 nitrogen and oxygen atoms in total. The van der Waals surface area contributed by atoms with Crippen LogP contribution in [0.25, 0.3) is 11.3 Å². The zero-order valence-corrected chi connectivity index (χ0v) is 14.6. The van der Waals surface area contributed by atoms with E-state index in [1.54, 1.807) is 42.7 Å². The lowest BCUT2D eigenvalue weighted by Crippen LogP contribution is -2.19. The first-order valence-corrected chi connectivity index (χ1v) is 8.67. The number of amides is 1. The van der Waals surface area contributed by atoms with Gasteiger partial charge in [-0.25, -0.2) is 15.4 Å². The Morgan fingerprint density at radius 1 is 1.22 bits per heavy atom. The SMILES string of the molecule is O=C(CSc1ncccn1)N/N=C\c1ccc(-c2ccc([N+](=O)[O-])cc2)o1. The Morgan fingerprint density at radius 2 is 1.96 bits per heavy atom. The summed E-state index contributed by atoms with van der Waals surface area (Å²) in [6, 6.07) is 11.1. The summed E-state index contributed by atoms with van der Waals surface area (Å²) in [4.78, 5) is 30.0. The quantitative estimate of drug-likeness (QED) is 0.219. The summed E-state index contributed by atoms with van der Waals surface area (Å²) < 4.78 is 5.59. The molecule has 1 aromatic carbocycles. The van der Waals surface area contributed by atoms with Crippen molar-refractivity contribution in [2.24, 2.45) is 5.10 Å². The Morgan fingerprint density at radius 3 is 2.67 bits per heavy atom. The van der Waals surface area contributed by atoms with Crippen LogP contribution in [0.3, 0.4) is 0 Å². The summed E-state index contributed by atoms with van der Waals surface area (Å²) in [7, 11) is 0. The highest BCUT2D eigenvalue weighted by atomic mass is 32.2. The number of rotatable bonds is 7. The lowest BCUT2D eigenvalue weighted by molar-refractivity contribution is -0.384. The molecule has 10 heteroatoms. The number of non-ortho nitro benzene ring substituents is 1. The Balaban J connectivity index is 1.52. The van der Waals surface area contributed by atoms with E-state index in [1.807, 2.05) is 0 Å². The van der Waals surface area contributed by atoms with E-state index in [2.05, 4.69) is 20.5 Å². The molecule has 0 saturated carbocycles. The van der Waals surface area contributed by atoms with Crippen molar-refractivity contribution >= 4 is 29.6 Å². The van der Waals surface area contributed by atoms with Crippen LogP contribution in [0, 0.1) is 10.1 Å². The number of nitrogens with one attached hydrogen (secondary N) is 1. The second-order valence-electron chi connectivity index (χ2n) is 5.12. The van der Waals surface area contributed by atoms with Crippen LogP contribution in [0.5, 0.6) is 0 Å². The van der Waals surface area contributed by atoms with E-state index in [-0.39, 0.29) is 17.3 Å². The summed E-state index contributed by atoms with van der Waals surface area (Å²) in [5.41, 5.74) is 3.10. The minimum Gasteiger partial charge on any atom is -0.455 e. The second-order valence-corrected chi connectivity index (χ2v) is 6.06. The first kappa shape index (κ1) is 18.3. The van der Waals surface area contributed by atoms with Crippen molar-refractivity contribution in [2.45, 2.75) is 5.16 Å². The largest absolute Gasteiger partial charge is 0.455 e. The molecule has 0 aliphatic rings. The number of hydrogen-bond donors (Lipinski definition) is 1. The van der Waals surface area contributed by atoms with Crippen molar-refractivity contribution in [2.75, 3.05) is 5.75 Å². The van der Waals surface area contributed by atoms with Gasteiger partial charge >= 0.3 is 0 Å². The highest BCUT2D eigenvalue weighted by Crippen LogP contribution is 2.24. The Labute approximate surface area is 157 Å². The first-order chi connectivity index (χ1) is 13.1. The Kier molecular flexibility index (Phi) is 5.90. The van der Waals surface area contributed by atoms with Crippen LogP contribution in [0.4, 0.5) is 5.69 Å². The maximum atomic E-state index is 11.7. The third kappa shape index (κ3) is 5.22. The van der Waals surface area contributed by atoms with Gasteiger partial charge in [0.05, 0.1) is 16.9 Å². The minimum atomic E-state index is -0.463. The Hall–Kier alpha value is -3.53. The minimum absolute atomic E-state index is 0.00794. The van der Waals surface area contributed by atoms with Crippen LogP contribution in [-0.4, -0.2) is 32.8 Å². The van der Waals surface area contributed by atoms with Crippen molar-refractivity contribution in [1.29, 1.82) is 0 Å². The van der Waals surface area contributed by atoms with E-state index in [0.29, 0.717) is 22.2 Å². The van der Waals surface area contributed by atoms with Gasteiger partial charge in [0, 0.05) is 30.1 Å². The molecule has 27 heavy (non-hydrogen) atoms. The standard InChI is InChI=1S/C17H13N5O4S/c23-16(11-27-17-18-8-1-9-19-17)21-20-10-14-6-7-15(26-14)12-2-4-13(5-3-12)22(24)25/h1-10H,11H2,(H,21,23)/b20-10-. The third-order valence-corrected chi connectivity index (χ3v) is 4.12. The summed E-state index contributed by atoms with van der Waals surface area (Å²) in [6.45, 7) is 0. The molecular formula is C17H13N5O4S. The lowest BCUT2D eigenvalue weighted by Gasteiger charge is -1.98. The number of carbonyl (C=O) groups excluding carboxylic acids is 1. The van der Waals surface area contributed by atoms with Gasteiger partial charge in [-0.05, 0) is 30.3 Å². The van der Waals surface area contributed by atoms with Gasteiger partial charge in [-0.1, -0.05) is 11.8 Å². The zero-order valence-electron chi connectivity index (χ0n) is 13.8. The van der Waals surface area contributed by atoms with Crippen LogP contribution in [0.15, 0.2) is 69.5 Å². The predicted molar refractivity (Wildman–Crippen MR) is 99.3 cm³/mol. The summed E-state index contributed by atoms with van der Waals surface area (Å²) in [5.74, 6) is 0.802. The van der Waals surface area contributed by atoms with E-state index in [9.17, 15) is 14.9 Å². The Bertz CT molecular complexity index is 957. The molecule has 2 aromatic heterocycles. The summed E-state index contributed by atoms with van der Waals surface area (Å²) in [6.07, 6.45) is 4.58. The molecular weight excluding hydrogens is 370 g/mol. The third-order valence-electron chi connectivity index (χ3n) is 3.24. The molecule has 0 aliphatic carbocycles. The van der Waals surface area contributed by atoms with E-state index in [4.69, 9.17) is 4.42 Å². The molecule has 0 radical (unpaired) electrons. The van der Waals surface area contributed by atoms with Crippen LogP contribution < -0.4 is 5.43 Å². The number of nitro groups is 1. The average molecular weight is 383 g/mol. The van der Waals surface area contributed by atoms with Gasteiger partial charge in [0.15, 0.2) is 5.16 Å². The molecule has 0 aliphatic heterocycles. The van der Waals surface area contributed by atoms with E-state index in [0.717, 1.165) is 0 Å². The molecule has 1 amide bonds. The lowest BCUT2D eigenvalue weighted by atomic mass is 10.1. The maximum Gasteiger partial charge on any atom is 0.269 e. The average Bonchev–Trinajstić information content (AvgIpc) is 3.16. The normalized spacial score (nSPS) is 10.8. The number of nitro benzene ring substituents is 1. The van der Waals surface area contributed by atoms with Gasteiger partial charge in [-0.15, -0.1) is 0 Å². The molecule has 0 spiro atoms. The second kappa shape index (κ2) is 8.72. The first-order valence-electron chi connectivity index (χ1n) is 7.68. The molecule has 0 unspecified atom stereocenters. The fourth-order valence-corrected chi connectivity index (χ4v) is 2.61. The molecule has 0 fully saturated rings. The van der Waals surface area contributed by atoms with Crippen molar-refractivity contribution in [3.05, 3.63) is 70.7 Å². The van der Waals surface area contributed by atoms with Crippen LogP contribution in [-0.2, 0) is 4.79 Å². The number of hydrogen-bond acceptors (Lipinski definition) is 8. The monoisotopic (exact) mass is 383 g/mol. The fraction of sp³-hybridized carbons (Fsp3) is 0.0588. The van der Waals surface area contributed by atoms with Crippen LogP contribution in [0.1, 0.15) is 5.76 Å². The molecule has 0 bridgehead atoms. The fourth-order valence-electron chi connectivity index (χ4n) is 2.01. The molecule has 2 heterocycles. The van der Waals surface area contributed by atoms with Gasteiger partial charge in [0.1, 0.15) is 11.5 Å². The van der Waals surface area contributed by atoms with Crippen molar-refractivity contribution < 1.29 is 14.1 Å². The number of aromatic nitrogens is 2. The molecule has 3 rings (SSSR count). The highest BCUT2D eigenvalue weighted by molar-refractivity contribution is 7.99. The van der Waals surface area contributed by atoms with Gasteiger partial charge in [-0.2, -0.15) is 5.10 Å². The van der Waals surface area contributed by atoms with E-state index < -0.39 is 4.92 Å². The highest BCUT2D eigenvalue weighted by Gasteiger charge is 2.08. The van der Waals surface area contributed by atoms with E-state index >= 15 is 0 Å². The van der Waals surface area contributed by atoms with Crippen molar-refractivity contribution in [3.8, 4) is 11.3 Å².